The van der Waals surface area contributed by atoms with E-state index >= 15 is 0 Å². The van der Waals surface area contributed by atoms with E-state index < -0.39 is 18.1 Å². The van der Waals surface area contributed by atoms with E-state index in [1.54, 1.807) is 0 Å². The van der Waals surface area contributed by atoms with Gasteiger partial charge in [-0.3, -0.25) is 4.79 Å². The molecule has 2 amide bonds. The molecule has 0 aromatic heterocycles. The van der Waals surface area contributed by atoms with Gasteiger partial charge in [-0.15, -0.1) is 0 Å². The third kappa shape index (κ3) is 6.19. The van der Waals surface area contributed by atoms with Gasteiger partial charge in [-0.2, -0.15) is 0 Å². The highest BCUT2D eigenvalue weighted by Gasteiger charge is 2.35. The van der Waals surface area contributed by atoms with E-state index in [4.69, 9.17) is 4.74 Å². The van der Waals surface area contributed by atoms with Crippen LogP contribution in [-0.4, -0.2) is 67.3 Å². The van der Waals surface area contributed by atoms with Gasteiger partial charge in [0.2, 0.25) is 5.91 Å². The van der Waals surface area contributed by atoms with Gasteiger partial charge in [0, 0.05) is 24.9 Å². The van der Waals surface area contributed by atoms with Crippen LogP contribution in [0, 0.1) is 5.92 Å². The van der Waals surface area contributed by atoms with Crippen LogP contribution in [0.25, 0.3) is 11.1 Å². The zero-order valence-corrected chi connectivity index (χ0v) is 20.2. The van der Waals surface area contributed by atoms with Crippen molar-refractivity contribution in [2.75, 3.05) is 27.2 Å². The fraction of sp³-hybridized carbons (Fsp3) is 0.444. The van der Waals surface area contributed by atoms with Gasteiger partial charge in [-0.1, -0.05) is 48.5 Å². The molecule has 2 atom stereocenters. The predicted molar refractivity (Wildman–Crippen MR) is 132 cm³/mol. The summed E-state index contributed by atoms with van der Waals surface area (Å²) in [5, 5.41) is 14.9. The van der Waals surface area contributed by atoms with Gasteiger partial charge in [0.25, 0.3) is 0 Å². The summed E-state index contributed by atoms with van der Waals surface area (Å²) in [7, 11) is 3.70. The molecule has 0 aliphatic heterocycles. The molecule has 186 valence electrons. The molecule has 4 rings (SSSR count). The van der Waals surface area contributed by atoms with Crippen LogP contribution in [0.1, 0.15) is 42.7 Å². The lowest BCUT2D eigenvalue weighted by atomic mass is 9.98. The second kappa shape index (κ2) is 10.9. The lowest BCUT2D eigenvalue weighted by Crippen LogP contribution is -2.46. The van der Waals surface area contributed by atoms with Gasteiger partial charge >= 0.3 is 12.1 Å². The van der Waals surface area contributed by atoms with Crippen molar-refractivity contribution >= 4 is 18.0 Å². The first-order chi connectivity index (χ1) is 16.8. The van der Waals surface area contributed by atoms with Crippen molar-refractivity contribution in [2.45, 2.75) is 43.7 Å². The van der Waals surface area contributed by atoms with Crippen LogP contribution in [0.4, 0.5) is 4.79 Å². The Morgan fingerprint density at radius 2 is 1.60 bits per heavy atom. The molecule has 0 spiro atoms. The molecule has 2 aromatic rings. The highest BCUT2D eigenvalue weighted by molar-refractivity contribution is 5.84. The van der Waals surface area contributed by atoms with E-state index in [0.717, 1.165) is 35.1 Å². The molecule has 2 aliphatic rings. The number of benzene rings is 2. The van der Waals surface area contributed by atoms with Crippen molar-refractivity contribution in [3.63, 3.8) is 0 Å². The molecule has 0 heterocycles. The summed E-state index contributed by atoms with van der Waals surface area (Å²) >= 11 is 0. The summed E-state index contributed by atoms with van der Waals surface area (Å²) in [4.78, 5) is 38.7. The van der Waals surface area contributed by atoms with E-state index in [1.807, 2.05) is 43.3 Å². The lowest BCUT2D eigenvalue weighted by Gasteiger charge is -2.21. The summed E-state index contributed by atoms with van der Waals surface area (Å²) in [6, 6.07) is 14.9. The number of rotatable bonds is 11. The fourth-order valence-corrected chi connectivity index (χ4v) is 4.72. The van der Waals surface area contributed by atoms with Gasteiger partial charge in [0.05, 0.1) is 0 Å². The van der Waals surface area contributed by atoms with Crippen LogP contribution in [-0.2, 0) is 14.3 Å². The van der Waals surface area contributed by atoms with Gasteiger partial charge in [-0.25, -0.2) is 9.59 Å². The summed E-state index contributed by atoms with van der Waals surface area (Å²) in [5.41, 5.74) is 4.59. The van der Waals surface area contributed by atoms with E-state index in [-0.39, 0.29) is 36.8 Å². The van der Waals surface area contributed by atoms with Gasteiger partial charge in [0.15, 0.2) is 0 Å². The largest absolute Gasteiger partial charge is 0.480 e. The minimum atomic E-state index is -1.06. The van der Waals surface area contributed by atoms with E-state index in [0.29, 0.717) is 13.0 Å². The molecule has 1 saturated carbocycles. The number of alkyl carbamates (subject to hydrolysis) is 1. The van der Waals surface area contributed by atoms with Crippen molar-refractivity contribution in [3.05, 3.63) is 59.7 Å². The Hall–Kier alpha value is -3.39. The molecule has 8 heteroatoms. The predicted octanol–water partition coefficient (Wildman–Crippen LogP) is 3.21. The summed E-state index contributed by atoms with van der Waals surface area (Å²) in [6.45, 7) is 0.746. The first kappa shape index (κ1) is 24.7. The molecule has 0 bridgehead atoms. The number of hydrogen-bond donors (Lipinski definition) is 3. The first-order valence-corrected chi connectivity index (χ1v) is 12.1. The van der Waals surface area contributed by atoms with Crippen LogP contribution in [0.2, 0.25) is 0 Å². The van der Waals surface area contributed by atoms with Crippen molar-refractivity contribution < 1.29 is 24.2 Å². The average molecular weight is 480 g/mol. The monoisotopic (exact) mass is 479 g/mol. The summed E-state index contributed by atoms with van der Waals surface area (Å²) < 4.78 is 5.63. The highest BCUT2D eigenvalue weighted by Crippen LogP contribution is 2.44. The maximum absolute atomic E-state index is 12.7. The van der Waals surface area contributed by atoms with Crippen LogP contribution in [0.15, 0.2) is 48.5 Å². The Bertz CT molecular complexity index is 1040. The Morgan fingerprint density at radius 1 is 1.00 bits per heavy atom. The normalized spacial score (nSPS) is 16.2. The molecule has 2 aliphatic carbocycles. The number of ether oxygens (including phenoxy) is 1. The fourth-order valence-electron chi connectivity index (χ4n) is 4.72. The molecular weight excluding hydrogens is 446 g/mol. The quantitative estimate of drug-likeness (QED) is 0.457. The standard InChI is InChI=1S/C27H33N3O5/c1-30(2)14-13-23(26(32)33)28-25(31)15-24(17-11-12-17)29-27(34)35-16-22-20-9-5-3-7-18(20)19-8-4-6-10-21(19)22/h3-10,17,22-24H,11-16H2,1-2H3,(H,28,31)(H,29,34)(H,32,33). The average Bonchev–Trinajstić information content (AvgIpc) is 3.63. The maximum Gasteiger partial charge on any atom is 0.407 e. The highest BCUT2D eigenvalue weighted by atomic mass is 16.5. The van der Waals surface area contributed by atoms with Crippen molar-refractivity contribution in [2.24, 2.45) is 5.92 Å². The van der Waals surface area contributed by atoms with Crippen LogP contribution < -0.4 is 10.6 Å². The number of carbonyl (C=O) groups is 3. The first-order valence-electron chi connectivity index (χ1n) is 12.1. The molecule has 2 unspecified atom stereocenters. The zero-order valence-electron chi connectivity index (χ0n) is 20.2. The third-order valence-corrected chi connectivity index (χ3v) is 6.74. The van der Waals surface area contributed by atoms with E-state index in [1.165, 1.54) is 0 Å². The minimum absolute atomic E-state index is 0.0284. The topological polar surface area (TPSA) is 108 Å². The van der Waals surface area contributed by atoms with Crippen LogP contribution in [0.3, 0.4) is 0 Å². The lowest BCUT2D eigenvalue weighted by molar-refractivity contribution is -0.142. The Morgan fingerprint density at radius 3 is 2.14 bits per heavy atom. The maximum atomic E-state index is 12.7. The number of nitrogens with one attached hydrogen (secondary N) is 2. The molecule has 35 heavy (non-hydrogen) atoms. The molecule has 2 aromatic carbocycles. The summed E-state index contributed by atoms with van der Waals surface area (Å²) in [6.07, 6.45) is 1.62. The Labute approximate surface area is 205 Å². The third-order valence-electron chi connectivity index (χ3n) is 6.74. The smallest absolute Gasteiger partial charge is 0.407 e. The Balaban J connectivity index is 1.33. The molecule has 8 nitrogen and oxygen atoms in total. The van der Waals surface area contributed by atoms with Crippen molar-refractivity contribution in [1.82, 2.24) is 15.5 Å². The van der Waals surface area contributed by atoms with Crippen molar-refractivity contribution in [3.8, 4) is 11.1 Å². The zero-order chi connectivity index (χ0) is 24.9. The number of carboxylic acids is 1. The number of aliphatic carboxylic acids is 1. The molecule has 0 saturated heterocycles. The van der Waals surface area contributed by atoms with Gasteiger partial charge in [-0.05, 0) is 61.5 Å². The van der Waals surface area contributed by atoms with Crippen molar-refractivity contribution in [1.29, 1.82) is 0 Å². The number of fused-ring (bicyclic) bond motifs is 3. The van der Waals surface area contributed by atoms with Crippen LogP contribution >= 0.6 is 0 Å². The number of hydrogen-bond acceptors (Lipinski definition) is 5. The second-order valence-corrected chi connectivity index (χ2v) is 9.67. The van der Waals surface area contributed by atoms with Gasteiger partial charge < -0.3 is 25.4 Å². The molecule has 0 radical (unpaired) electrons. The summed E-state index contributed by atoms with van der Waals surface area (Å²) in [5.74, 6) is -1.28. The number of carboxylic acid groups (broad SMARTS) is 1. The Kier molecular flexibility index (Phi) is 7.70. The molecule has 1 fully saturated rings. The second-order valence-electron chi connectivity index (χ2n) is 9.67. The van der Waals surface area contributed by atoms with E-state index in [9.17, 15) is 19.5 Å². The minimum Gasteiger partial charge on any atom is -0.480 e. The number of amides is 2. The van der Waals surface area contributed by atoms with E-state index in [2.05, 4.69) is 34.9 Å². The van der Waals surface area contributed by atoms with Crippen LogP contribution in [0.5, 0.6) is 0 Å². The number of nitrogens with zero attached hydrogens (tertiary/aromatic N) is 1. The molecular formula is C27H33N3O5. The SMILES string of the molecule is CN(C)CCC(NC(=O)CC(NC(=O)OCC1c2ccccc2-c2ccccc21)C1CC1)C(=O)O. The number of carbonyl (C=O) groups excluding carboxylic acids is 2. The molecule has 3 N–H and O–H groups in total. The van der Waals surface area contributed by atoms with Gasteiger partial charge in [0.1, 0.15) is 12.6 Å².